The highest BCUT2D eigenvalue weighted by Crippen LogP contribution is 2.27. The van der Waals surface area contributed by atoms with Crippen LogP contribution in [0.5, 0.6) is 0 Å². The fourth-order valence-corrected chi connectivity index (χ4v) is 2.56. The Morgan fingerprint density at radius 2 is 2.41 bits per heavy atom. The summed E-state index contributed by atoms with van der Waals surface area (Å²) >= 11 is 0. The predicted molar refractivity (Wildman–Crippen MR) is 66.6 cm³/mol. The topological polar surface area (TPSA) is 46.5 Å². The molecule has 0 fully saturated rings. The first-order valence-corrected chi connectivity index (χ1v) is 6.34. The average Bonchev–Trinajstić information content (AvgIpc) is 2.93. The summed E-state index contributed by atoms with van der Waals surface area (Å²) in [5.41, 5.74) is 3.51. The molecule has 17 heavy (non-hydrogen) atoms. The van der Waals surface area contributed by atoms with E-state index in [1.165, 1.54) is 24.2 Å². The number of aryl methyl sites for hydroxylation is 2. The number of H-pyrrole nitrogens is 1. The molecule has 2 aromatic rings. The van der Waals surface area contributed by atoms with Crippen LogP contribution in [0.25, 0.3) is 11.5 Å². The molecule has 0 aromatic carbocycles. The van der Waals surface area contributed by atoms with Gasteiger partial charge in [0.2, 0.25) is 0 Å². The van der Waals surface area contributed by atoms with Crippen molar-refractivity contribution in [3.05, 3.63) is 23.7 Å². The summed E-state index contributed by atoms with van der Waals surface area (Å²) in [4.78, 5) is 8.11. The van der Waals surface area contributed by atoms with Crippen LogP contribution in [0.15, 0.2) is 12.3 Å². The molecule has 1 atom stereocenters. The monoisotopic (exact) mass is 230 g/mol. The third-order valence-corrected chi connectivity index (χ3v) is 3.68. The van der Waals surface area contributed by atoms with Crippen LogP contribution >= 0.6 is 0 Å². The minimum atomic E-state index is 0.819. The first kappa shape index (κ1) is 10.6. The second-order valence-electron chi connectivity index (χ2n) is 4.90. The van der Waals surface area contributed by atoms with Gasteiger partial charge in [-0.3, -0.25) is 4.68 Å². The Bertz CT molecular complexity index is 523. The van der Waals surface area contributed by atoms with Crippen LogP contribution in [0.4, 0.5) is 0 Å². The van der Waals surface area contributed by atoms with Crippen molar-refractivity contribution in [2.75, 3.05) is 0 Å². The van der Waals surface area contributed by atoms with Gasteiger partial charge in [-0.15, -0.1) is 0 Å². The van der Waals surface area contributed by atoms with Gasteiger partial charge in [0.05, 0.1) is 5.69 Å². The van der Waals surface area contributed by atoms with Crippen molar-refractivity contribution in [3.63, 3.8) is 0 Å². The summed E-state index contributed by atoms with van der Waals surface area (Å²) in [6, 6.07) is 2.00. The lowest BCUT2D eigenvalue weighted by Crippen LogP contribution is -2.12. The van der Waals surface area contributed by atoms with E-state index in [9.17, 15) is 0 Å². The first-order chi connectivity index (χ1) is 8.26. The average molecular weight is 230 g/mol. The Hall–Kier alpha value is -1.58. The highest BCUT2D eigenvalue weighted by atomic mass is 15.3. The van der Waals surface area contributed by atoms with Crippen LogP contribution in [0.2, 0.25) is 0 Å². The quantitative estimate of drug-likeness (QED) is 0.860. The summed E-state index contributed by atoms with van der Waals surface area (Å²) in [7, 11) is 1.93. The minimum absolute atomic E-state index is 0.819. The Kier molecular flexibility index (Phi) is 2.50. The number of hydrogen-bond donors (Lipinski definition) is 1. The van der Waals surface area contributed by atoms with Crippen LogP contribution in [-0.2, 0) is 19.9 Å². The zero-order valence-corrected chi connectivity index (χ0v) is 10.4. The standard InChI is InChI=1S/C13H18N4/c1-3-9-4-5-10-12(8-9)15-13(14-10)11-6-7-17(2)16-11/h6-7,9H,3-5,8H2,1-2H3,(H,14,15). The molecule has 0 radical (unpaired) electrons. The number of hydrogen-bond acceptors (Lipinski definition) is 2. The van der Waals surface area contributed by atoms with Crippen molar-refractivity contribution in [2.24, 2.45) is 13.0 Å². The van der Waals surface area contributed by atoms with Gasteiger partial charge in [0.15, 0.2) is 5.82 Å². The fourth-order valence-electron chi connectivity index (χ4n) is 2.56. The first-order valence-electron chi connectivity index (χ1n) is 6.34. The molecular weight excluding hydrogens is 212 g/mol. The Balaban J connectivity index is 1.92. The molecule has 4 heteroatoms. The summed E-state index contributed by atoms with van der Waals surface area (Å²) < 4.78 is 1.81. The molecule has 0 saturated carbocycles. The highest BCUT2D eigenvalue weighted by molar-refractivity contribution is 5.50. The van der Waals surface area contributed by atoms with E-state index in [4.69, 9.17) is 0 Å². The molecule has 1 aliphatic carbocycles. The number of nitrogens with zero attached hydrogens (tertiary/aromatic N) is 3. The van der Waals surface area contributed by atoms with Gasteiger partial charge in [0.1, 0.15) is 5.69 Å². The minimum Gasteiger partial charge on any atom is -0.340 e. The maximum Gasteiger partial charge on any atom is 0.158 e. The Morgan fingerprint density at radius 1 is 1.53 bits per heavy atom. The SMILES string of the molecule is CCC1CCc2nc(-c3ccn(C)n3)[nH]c2C1. The molecular formula is C13H18N4. The van der Waals surface area contributed by atoms with Crippen molar-refractivity contribution in [1.82, 2.24) is 19.7 Å². The van der Waals surface area contributed by atoms with Gasteiger partial charge in [0.25, 0.3) is 0 Å². The van der Waals surface area contributed by atoms with E-state index in [-0.39, 0.29) is 0 Å². The van der Waals surface area contributed by atoms with Gasteiger partial charge < -0.3 is 4.98 Å². The van der Waals surface area contributed by atoms with Crippen LogP contribution in [0, 0.1) is 5.92 Å². The normalized spacial score (nSPS) is 19.3. The molecule has 4 nitrogen and oxygen atoms in total. The molecule has 1 N–H and O–H groups in total. The van der Waals surface area contributed by atoms with E-state index in [2.05, 4.69) is 22.0 Å². The van der Waals surface area contributed by atoms with E-state index in [1.807, 2.05) is 24.0 Å². The van der Waals surface area contributed by atoms with E-state index in [1.54, 1.807) is 0 Å². The molecule has 0 bridgehead atoms. The highest BCUT2D eigenvalue weighted by Gasteiger charge is 2.21. The number of aromatic nitrogens is 4. The molecule has 90 valence electrons. The zero-order chi connectivity index (χ0) is 11.8. The van der Waals surface area contributed by atoms with Crippen LogP contribution in [0.1, 0.15) is 31.2 Å². The number of nitrogens with one attached hydrogen (secondary N) is 1. The van der Waals surface area contributed by atoms with Crippen molar-refractivity contribution >= 4 is 0 Å². The lowest BCUT2D eigenvalue weighted by atomic mass is 9.88. The number of fused-ring (bicyclic) bond motifs is 1. The van der Waals surface area contributed by atoms with Crippen molar-refractivity contribution in [1.29, 1.82) is 0 Å². The molecule has 0 amide bonds. The fraction of sp³-hybridized carbons (Fsp3) is 0.538. The second-order valence-corrected chi connectivity index (χ2v) is 4.90. The van der Waals surface area contributed by atoms with Crippen molar-refractivity contribution in [3.8, 4) is 11.5 Å². The van der Waals surface area contributed by atoms with Gasteiger partial charge in [0, 0.05) is 18.9 Å². The maximum absolute atomic E-state index is 4.67. The van der Waals surface area contributed by atoms with Crippen LogP contribution in [0.3, 0.4) is 0 Å². The van der Waals surface area contributed by atoms with Gasteiger partial charge in [-0.05, 0) is 31.2 Å². The van der Waals surface area contributed by atoms with E-state index in [0.29, 0.717) is 0 Å². The lowest BCUT2D eigenvalue weighted by molar-refractivity contribution is 0.438. The second kappa shape index (κ2) is 4.02. The number of aromatic amines is 1. The number of rotatable bonds is 2. The van der Waals surface area contributed by atoms with Gasteiger partial charge in [-0.1, -0.05) is 13.3 Å². The van der Waals surface area contributed by atoms with E-state index in [0.717, 1.165) is 30.3 Å². The largest absolute Gasteiger partial charge is 0.340 e. The molecule has 3 rings (SSSR count). The molecule has 1 unspecified atom stereocenters. The Morgan fingerprint density at radius 3 is 3.12 bits per heavy atom. The smallest absolute Gasteiger partial charge is 0.158 e. The van der Waals surface area contributed by atoms with Crippen molar-refractivity contribution < 1.29 is 0 Å². The summed E-state index contributed by atoms with van der Waals surface area (Å²) in [6.07, 6.45) is 6.74. The van der Waals surface area contributed by atoms with E-state index < -0.39 is 0 Å². The third kappa shape index (κ3) is 1.88. The molecule has 0 saturated heterocycles. The van der Waals surface area contributed by atoms with E-state index >= 15 is 0 Å². The predicted octanol–water partition coefficient (Wildman–Crippen LogP) is 2.33. The summed E-state index contributed by atoms with van der Waals surface area (Å²) in [5.74, 6) is 1.74. The zero-order valence-electron chi connectivity index (χ0n) is 10.4. The molecule has 1 aliphatic rings. The van der Waals surface area contributed by atoms with Crippen LogP contribution in [-0.4, -0.2) is 19.7 Å². The third-order valence-electron chi connectivity index (χ3n) is 3.68. The summed E-state index contributed by atoms with van der Waals surface area (Å²) in [6.45, 7) is 2.27. The molecule has 2 aromatic heterocycles. The van der Waals surface area contributed by atoms with Gasteiger partial charge in [-0.25, -0.2) is 4.98 Å². The number of imidazole rings is 1. The molecule has 2 heterocycles. The summed E-state index contributed by atoms with van der Waals surface area (Å²) in [5, 5.41) is 4.39. The van der Waals surface area contributed by atoms with Gasteiger partial charge >= 0.3 is 0 Å². The Labute approximate surface area is 101 Å². The maximum atomic E-state index is 4.67. The molecule has 0 spiro atoms. The van der Waals surface area contributed by atoms with Crippen molar-refractivity contribution in [2.45, 2.75) is 32.6 Å². The van der Waals surface area contributed by atoms with Gasteiger partial charge in [-0.2, -0.15) is 5.10 Å². The lowest BCUT2D eigenvalue weighted by Gasteiger charge is -2.18. The van der Waals surface area contributed by atoms with Crippen LogP contribution < -0.4 is 0 Å². The molecule has 0 aliphatic heterocycles.